The molecule has 26 heavy (non-hydrogen) atoms. The molecule has 2 aromatic carbocycles. The van der Waals surface area contributed by atoms with Gasteiger partial charge in [-0.1, -0.05) is 28.1 Å². The lowest BCUT2D eigenvalue weighted by molar-refractivity contribution is -0.119. The lowest BCUT2D eigenvalue weighted by atomic mass is 10.2. The van der Waals surface area contributed by atoms with Crippen LogP contribution < -0.4 is 10.7 Å². The minimum absolute atomic E-state index is 0.139. The fourth-order valence-electron chi connectivity index (χ4n) is 2.15. The molecule has 0 aliphatic heterocycles. The van der Waals surface area contributed by atoms with Crippen molar-refractivity contribution in [3.8, 4) is 11.3 Å². The Morgan fingerprint density at radius 3 is 2.54 bits per heavy atom. The molecule has 1 amide bonds. The summed E-state index contributed by atoms with van der Waals surface area (Å²) in [5, 5.41) is 6.96. The highest BCUT2D eigenvalue weighted by atomic mass is 127. The number of hydrazone groups is 1. The average Bonchev–Trinajstić information content (AvgIpc) is 3.11. The van der Waals surface area contributed by atoms with Crippen molar-refractivity contribution in [1.29, 1.82) is 0 Å². The number of hydrogen-bond donors (Lipinski definition) is 2. The molecule has 1 aromatic heterocycles. The third kappa shape index (κ3) is 5.43. The molecule has 3 aromatic rings. The van der Waals surface area contributed by atoms with E-state index in [0.29, 0.717) is 5.76 Å². The Labute approximate surface area is 173 Å². The summed E-state index contributed by atoms with van der Waals surface area (Å²) in [7, 11) is 0. The maximum atomic E-state index is 11.8. The van der Waals surface area contributed by atoms with Crippen molar-refractivity contribution in [2.75, 3.05) is 11.9 Å². The molecular formula is C19H15BrIN3O2. The van der Waals surface area contributed by atoms with E-state index >= 15 is 0 Å². The van der Waals surface area contributed by atoms with Crippen molar-refractivity contribution in [3.05, 3.63) is 74.5 Å². The van der Waals surface area contributed by atoms with Crippen LogP contribution in [-0.4, -0.2) is 18.7 Å². The number of amides is 1. The van der Waals surface area contributed by atoms with Gasteiger partial charge < -0.3 is 9.73 Å². The molecule has 0 aliphatic rings. The van der Waals surface area contributed by atoms with E-state index in [0.717, 1.165) is 25.1 Å². The van der Waals surface area contributed by atoms with E-state index in [1.165, 1.54) is 6.21 Å². The van der Waals surface area contributed by atoms with Crippen LogP contribution in [-0.2, 0) is 4.79 Å². The van der Waals surface area contributed by atoms with Crippen molar-refractivity contribution in [2.24, 2.45) is 5.10 Å². The number of carbonyl (C=O) groups is 1. The lowest BCUT2D eigenvalue weighted by Gasteiger charge is -2.04. The summed E-state index contributed by atoms with van der Waals surface area (Å²) >= 11 is 5.64. The Bertz CT molecular complexity index is 905. The summed E-state index contributed by atoms with van der Waals surface area (Å²) in [5.41, 5.74) is 4.32. The Kier molecular flexibility index (Phi) is 6.45. The van der Waals surface area contributed by atoms with E-state index in [9.17, 15) is 4.79 Å². The molecule has 0 bridgehead atoms. The summed E-state index contributed by atoms with van der Waals surface area (Å²) in [6.07, 6.45) is 1.48. The quantitative estimate of drug-likeness (QED) is 0.275. The molecule has 0 fully saturated rings. The smallest absolute Gasteiger partial charge is 0.259 e. The maximum absolute atomic E-state index is 11.8. The number of furan rings is 1. The van der Waals surface area contributed by atoms with Crippen LogP contribution in [0.1, 0.15) is 5.76 Å². The van der Waals surface area contributed by atoms with E-state index in [2.05, 4.69) is 54.4 Å². The van der Waals surface area contributed by atoms with Gasteiger partial charge in [-0.25, -0.2) is 5.43 Å². The predicted octanol–water partition coefficient (Wildman–Crippen LogP) is 4.88. The third-order valence-corrected chi connectivity index (χ3v) is 4.68. The second-order valence-corrected chi connectivity index (χ2v) is 7.52. The second kappa shape index (κ2) is 9.00. The first-order valence-corrected chi connectivity index (χ1v) is 9.64. The average molecular weight is 524 g/mol. The van der Waals surface area contributed by atoms with Crippen molar-refractivity contribution in [1.82, 2.24) is 5.43 Å². The first kappa shape index (κ1) is 18.7. The fourth-order valence-corrected chi connectivity index (χ4v) is 2.77. The van der Waals surface area contributed by atoms with E-state index in [1.807, 2.05) is 54.6 Å². The number of carbonyl (C=O) groups excluding carboxylic acids is 1. The Hall–Kier alpha value is -2.13. The molecule has 0 radical (unpaired) electrons. The van der Waals surface area contributed by atoms with Gasteiger partial charge in [0.15, 0.2) is 0 Å². The normalized spacial score (nSPS) is 10.8. The molecule has 7 heteroatoms. The minimum atomic E-state index is -0.237. The van der Waals surface area contributed by atoms with Crippen molar-refractivity contribution in [2.45, 2.75) is 0 Å². The summed E-state index contributed by atoms with van der Waals surface area (Å²) in [4.78, 5) is 11.8. The molecular weight excluding hydrogens is 509 g/mol. The molecule has 0 saturated heterocycles. The molecule has 0 unspecified atom stereocenters. The molecule has 0 atom stereocenters. The standard InChI is InChI=1S/C19H15BrIN3O2/c20-14-3-1-13(2-4-14)18-10-9-17(26-18)11-23-24-19(25)12-22-16-7-5-15(21)6-8-16/h1-11,22H,12H2,(H,24,25)/b23-11-. The number of rotatable bonds is 6. The van der Waals surface area contributed by atoms with Gasteiger partial charge in [-0.2, -0.15) is 5.10 Å². The largest absolute Gasteiger partial charge is 0.455 e. The van der Waals surface area contributed by atoms with Crippen molar-refractivity contribution < 1.29 is 9.21 Å². The van der Waals surface area contributed by atoms with Crippen LogP contribution in [0.25, 0.3) is 11.3 Å². The number of hydrogen-bond acceptors (Lipinski definition) is 4. The van der Waals surface area contributed by atoms with Gasteiger partial charge in [0.05, 0.1) is 12.8 Å². The van der Waals surface area contributed by atoms with Gasteiger partial charge in [-0.05, 0) is 71.1 Å². The van der Waals surface area contributed by atoms with Crippen LogP contribution in [0.2, 0.25) is 0 Å². The fraction of sp³-hybridized carbons (Fsp3) is 0.0526. The SMILES string of the molecule is O=C(CNc1ccc(I)cc1)N/N=C\c1ccc(-c2ccc(Br)cc2)o1. The zero-order valence-electron chi connectivity index (χ0n) is 13.6. The number of halogens is 2. The van der Waals surface area contributed by atoms with E-state index in [4.69, 9.17) is 4.42 Å². The first-order valence-electron chi connectivity index (χ1n) is 7.77. The van der Waals surface area contributed by atoms with E-state index < -0.39 is 0 Å². The van der Waals surface area contributed by atoms with E-state index in [1.54, 1.807) is 6.07 Å². The van der Waals surface area contributed by atoms with Crippen LogP contribution in [0.3, 0.4) is 0 Å². The zero-order chi connectivity index (χ0) is 18.4. The number of nitrogens with zero attached hydrogens (tertiary/aromatic N) is 1. The maximum Gasteiger partial charge on any atom is 0.259 e. The number of benzene rings is 2. The van der Waals surface area contributed by atoms with Crippen LogP contribution >= 0.6 is 38.5 Å². The van der Waals surface area contributed by atoms with Crippen LogP contribution in [0.5, 0.6) is 0 Å². The highest BCUT2D eigenvalue weighted by molar-refractivity contribution is 14.1. The van der Waals surface area contributed by atoms with Gasteiger partial charge in [-0.3, -0.25) is 4.79 Å². The topological polar surface area (TPSA) is 66.6 Å². The van der Waals surface area contributed by atoms with Gasteiger partial charge in [0.1, 0.15) is 11.5 Å². The molecule has 0 spiro atoms. The highest BCUT2D eigenvalue weighted by Crippen LogP contribution is 2.23. The van der Waals surface area contributed by atoms with Crippen molar-refractivity contribution in [3.63, 3.8) is 0 Å². The Balaban J connectivity index is 1.49. The number of anilines is 1. The predicted molar refractivity (Wildman–Crippen MR) is 115 cm³/mol. The van der Waals surface area contributed by atoms with Crippen LogP contribution in [0, 0.1) is 3.57 Å². The second-order valence-electron chi connectivity index (χ2n) is 5.36. The molecule has 0 saturated carbocycles. The Morgan fingerprint density at radius 1 is 1.08 bits per heavy atom. The number of nitrogens with one attached hydrogen (secondary N) is 2. The van der Waals surface area contributed by atoms with Gasteiger partial charge in [0, 0.05) is 19.3 Å². The Morgan fingerprint density at radius 2 is 1.81 bits per heavy atom. The van der Waals surface area contributed by atoms with Crippen molar-refractivity contribution >= 4 is 56.3 Å². The molecule has 5 nitrogen and oxygen atoms in total. The monoisotopic (exact) mass is 523 g/mol. The minimum Gasteiger partial charge on any atom is -0.455 e. The summed E-state index contributed by atoms with van der Waals surface area (Å²) < 4.78 is 7.85. The van der Waals surface area contributed by atoms with Gasteiger partial charge >= 0.3 is 0 Å². The molecule has 132 valence electrons. The molecule has 0 aliphatic carbocycles. The summed E-state index contributed by atoms with van der Waals surface area (Å²) in [5.74, 6) is 1.07. The molecule has 2 N–H and O–H groups in total. The molecule has 3 rings (SSSR count). The van der Waals surface area contributed by atoms with Gasteiger partial charge in [-0.15, -0.1) is 0 Å². The third-order valence-electron chi connectivity index (χ3n) is 3.43. The summed E-state index contributed by atoms with van der Waals surface area (Å²) in [6.45, 7) is 0.139. The van der Waals surface area contributed by atoms with Crippen LogP contribution in [0.15, 0.2) is 74.7 Å². The summed E-state index contributed by atoms with van der Waals surface area (Å²) in [6, 6.07) is 19.3. The zero-order valence-corrected chi connectivity index (χ0v) is 17.3. The van der Waals surface area contributed by atoms with E-state index in [-0.39, 0.29) is 12.5 Å². The lowest BCUT2D eigenvalue weighted by Crippen LogP contribution is -2.25. The van der Waals surface area contributed by atoms with Crippen LogP contribution in [0.4, 0.5) is 5.69 Å². The first-order chi connectivity index (χ1) is 12.6. The molecule has 1 heterocycles. The highest BCUT2D eigenvalue weighted by Gasteiger charge is 2.04. The van der Waals surface area contributed by atoms with Gasteiger partial charge in [0.2, 0.25) is 0 Å². The van der Waals surface area contributed by atoms with Gasteiger partial charge in [0.25, 0.3) is 5.91 Å².